The summed E-state index contributed by atoms with van der Waals surface area (Å²) in [6.45, 7) is 5.39. The van der Waals surface area contributed by atoms with Gasteiger partial charge < -0.3 is 9.84 Å². The minimum absolute atomic E-state index is 0.0507. The van der Waals surface area contributed by atoms with Gasteiger partial charge in [-0.3, -0.25) is 0 Å². The second-order valence-corrected chi connectivity index (χ2v) is 16.2. The van der Waals surface area contributed by atoms with E-state index in [1.54, 1.807) is 43.3 Å². The number of phenols is 1. The first-order valence-electron chi connectivity index (χ1n) is 16.4. The van der Waals surface area contributed by atoms with Crippen LogP contribution in [0.15, 0.2) is 135 Å². The Morgan fingerprint density at radius 3 is 1.31 bits per heavy atom. The molecule has 0 heterocycles. The summed E-state index contributed by atoms with van der Waals surface area (Å²) >= 11 is 0. The van der Waals surface area contributed by atoms with Gasteiger partial charge in [-0.2, -0.15) is 39.5 Å². The Morgan fingerprint density at radius 2 is 0.944 bits per heavy atom. The molecule has 1 N–H and O–H groups in total. The van der Waals surface area contributed by atoms with Crippen molar-refractivity contribution in [3.8, 4) is 22.6 Å². The Kier molecular flexibility index (Phi) is 11.6. The van der Waals surface area contributed by atoms with Gasteiger partial charge in [0.25, 0.3) is 0 Å². The van der Waals surface area contributed by atoms with Crippen LogP contribution >= 0.6 is 6.89 Å². The smallest absolute Gasteiger partial charge is 0.416 e. The van der Waals surface area contributed by atoms with Crippen LogP contribution < -0.4 is 20.7 Å². The quantitative estimate of drug-likeness (QED) is 0.0823. The van der Waals surface area contributed by atoms with Crippen LogP contribution in [0.2, 0.25) is 0 Å². The summed E-state index contributed by atoms with van der Waals surface area (Å²) in [5.74, 6) is 0.240. The van der Waals surface area contributed by atoms with E-state index in [9.17, 15) is 44.6 Å². The van der Waals surface area contributed by atoms with Crippen molar-refractivity contribution in [3.05, 3.63) is 162 Å². The third-order valence-corrected chi connectivity index (χ3v) is 13.4. The predicted molar refractivity (Wildman–Crippen MR) is 198 cm³/mol. The maximum absolute atomic E-state index is 13.7. The molecule has 2 nitrogen and oxygen atoms in total. The van der Waals surface area contributed by atoms with Gasteiger partial charge in [0.1, 0.15) is 18.1 Å². The Morgan fingerprint density at radius 1 is 0.574 bits per heavy atom. The summed E-state index contributed by atoms with van der Waals surface area (Å²) in [5.41, 5.74) is -0.349. The van der Waals surface area contributed by atoms with E-state index in [4.69, 9.17) is 4.74 Å². The summed E-state index contributed by atoms with van der Waals surface area (Å²) in [7, 11) is 0. The van der Waals surface area contributed by atoms with Crippen molar-refractivity contribution in [2.45, 2.75) is 38.3 Å². The number of halogens is 9. The summed E-state index contributed by atoms with van der Waals surface area (Å²) in [6.07, 6.45) is -9.76. The van der Waals surface area contributed by atoms with E-state index in [0.717, 1.165) is 47.5 Å². The predicted octanol–water partition coefficient (Wildman–Crippen LogP) is 11.1. The summed E-state index contributed by atoms with van der Waals surface area (Å²) in [5, 5.41) is 12.1. The number of rotatable bonds is 11. The number of alkyl halides is 9. The molecule has 5 aromatic rings. The molecule has 0 radical (unpaired) electrons. The number of allylic oxidation sites excluding steroid dienone is 2. The highest BCUT2D eigenvalue weighted by molar-refractivity contribution is 7.95. The van der Waals surface area contributed by atoms with Crippen LogP contribution in [0.4, 0.5) is 39.5 Å². The van der Waals surface area contributed by atoms with E-state index in [2.05, 4.69) is 13.2 Å². The molecule has 0 unspecified atom stereocenters. The molecule has 0 atom stereocenters. The molecule has 282 valence electrons. The van der Waals surface area contributed by atoms with Crippen molar-refractivity contribution in [1.82, 2.24) is 0 Å². The van der Waals surface area contributed by atoms with E-state index >= 15 is 0 Å². The molecule has 0 aliphatic carbocycles. The highest BCUT2D eigenvalue weighted by Gasteiger charge is 2.36. The van der Waals surface area contributed by atoms with Crippen LogP contribution in [0.1, 0.15) is 34.7 Å². The normalized spacial score (nSPS) is 12.3. The van der Waals surface area contributed by atoms with Gasteiger partial charge in [-0.25, -0.2) is 0 Å². The summed E-state index contributed by atoms with van der Waals surface area (Å²) in [6, 6.07) is 22.5. The fourth-order valence-corrected chi connectivity index (χ4v) is 10.6. The molecule has 54 heavy (non-hydrogen) atoms. The molecule has 0 spiro atoms. The van der Waals surface area contributed by atoms with Crippen LogP contribution in [0, 0.1) is 0 Å². The Balaban J connectivity index is 1.79. The van der Waals surface area contributed by atoms with Crippen molar-refractivity contribution in [3.63, 3.8) is 0 Å². The lowest BCUT2D eigenvalue weighted by atomic mass is 9.97. The van der Waals surface area contributed by atoms with E-state index in [1.807, 2.05) is 6.07 Å². The second kappa shape index (κ2) is 15.7. The monoisotopic (exact) mass is 772 g/mol. The minimum Gasteiger partial charge on any atom is -0.507 e. The third-order valence-electron chi connectivity index (χ3n) is 8.91. The van der Waals surface area contributed by atoms with E-state index in [-0.39, 0.29) is 28.3 Å². The van der Waals surface area contributed by atoms with Crippen LogP contribution in [-0.2, 0) is 31.4 Å². The van der Waals surface area contributed by atoms with Gasteiger partial charge in [0, 0.05) is 11.1 Å². The Bertz CT molecular complexity index is 2030. The van der Waals surface area contributed by atoms with Crippen LogP contribution in [-0.4, -0.2) is 17.0 Å². The third kappa shape index (κ3) is 8.47. The lowest BCUT2D eigenvalue weighted by Crippen LogP contribution is -2.32. The Labute approximate surface area is 306 Å². The molecule has 5 rings (SSSR count). The first-order valence-corrected chi connectivity index (χ1v) is 18.2. The van der Waals surface area contributed by atoms with Gasteiger partial charge in [0.05, 0.1) is 16.7 Å². The molecule has 0 aromatic heterocycles. The molecule has 0 saturated heterocycles. The molecule has 0 amide bonds. The summed E-state index contributed by atoms with van der Waals surface area (Å²) < 4.78 is 130. The van der Waals surface area contributed by atoms with Crippen molar-refractivity contribution in [2.75, 3.05) is 6.61 Å². The first-order chi connectivity index (χ1) is 25.4. The van der Waals surface area contributed by atoms with Gasteiger partial charge in [0.2, 0.25) is 0 Å². The molecule has 0 bridgehead atoms. The number of phenolic OH excluding ortho intramolecular Hbond substituents is 1. The molecular formula is C42H34F9O2P. The van der Waals surface area contributed by atoms with E-state index < -0.39 is 42.1 Å². The zero-order chi connectivity index (χ0) is 39.5. The summed E-state index contributed by atoms with van der Waals surface area (Å²) in [4.78, 5) is 0. The molecule has 12 heteroatoms. The largest absolute Gasteiger partial charge is 0.507 e. The van der Waals surface area contributed by atoms with Gasteiger partial charge in [-0.15, -0.1) is 13.2 Å². The SMILES string of the molecule is C=CCc1ccc(O)c(-c2cc(CC=C)ccc2OCC(C)=P(c2ccc(C(F)(F)F)cc2)(c2ccc(C(F)(F)F)cc2)c2ccc(C(F)(F)F)cc2)c1. The average molecular weight is 773 g/mol. The van der Waals surface area contributed by atoms with Crippen LogP contribution in [0.25, 0.3) is 11.1 Å². The Hall–Kier alpha value is -5.15. The van der Waals surface area contributed by atoms with Gasteiger partial charge in [0.15, 0.2) is 0 Å². The zero-order valence-corrected chi connectivity index (χ0v) is 29.7. The van der Waals surface area contributed by atoms with E-state index in [1.165, 1.54) is 42.5 Å². The molecule has 0 fully saturated rings. The topological polar surface area (TPSA) is 29.5 Å². The number of benzene rings is 5. The minimum atomic E-state index is -4.72. The highest BCUT2D eigenvalue weighted by atomic mass is 31.2. The molecular weight excluding hydrogens is 738 g/mol. The fourth-order valence-electron chi connectivity index (χ4n) is 6.31. The standard InChI is InChI=1S/C42H34F9O2P/c1-4-6-28-8-22-38(52)36(24-28)37-25-29(7-5-2)9-23-39(37)53-26-27(3)54(33-16-10-30(11-17-33)40(43,44)45,34-18-12-31(13-19-34)41(46,47)48)35-20-14-32(15-21-35)42(49,50)51/h4-5,8-25,52H,1-2,6-7,26H2,3H3. The maximum atomic E-state index is 13.7. The second-order valence-electron chi connectivity index (χ2n) is 12.5. The molecule has 0 aliphatic heterocycles. The van der Waals surface area contributed by atoms with Crippen molar-refractivity contribution in [1.29, 1.82) is 0 Å². The lowest BCUT2D eigenvalue weighted by molar-refractivity contribution is -0.138. The lowest BCUT2D eigenvalue weighted by Gasteiger charge is -2.32. The van der Waals surface area contributed by atoms with Crippen LogP contribution in [0.5, 0.6) is 11.5 Å². The van der Waals surface area contributed by atoms with Gasteiger partial charge >= 0.3 is 18.5 Å². The average Bonchev–Trinajstić information content (AvgIpc) is 3.12. The maximum Gasteiger partial charge on any atom is 0.416 e. The number of hydrogen-bond donors (Lipinski definition) is 1. The fraction of sp³-hybridized carbons (Fsp3) is 0.167. The van der Waals surface area contributed by atoms with E-state index in [0.29, 0.717) is 35.0 Å². The van der Waals surface area contributed by atoms with Crippen molar-refractivity contribution >= 4 is 28.1 Å². The molecule has 0 aliphatic rings. The van der Waals surface area contributed by atoms with Gasteiger partial charge in [-0.1, -0.05) is 60.7 Å². The van der Waals surface area contributed by atoms with Crippen molar-refractivity contribution in [2.24, 2.45) is 0 Å². The zero-order valence-electron chi connectivity index (χ0n) is 28.8. The molecule has 5 aromatic carbocycles. The van der Waals surface area contributed by atoms with Gasteiger partial charge in [-0.05, 0) is 120 Å². The number of hydrogen-bond acceptors (Lipinski definition) is 2. The number of aromatic hydroxyl groups is 1. The van der Waals surface area contributed by atoms with Crippen molar-refractivity contribution < 1.29 is 49.4 Å². The molecule has 0 saturated carbocycles. The first kappa shape index (κ1) is 40.0. The van der Waals surface area contributed by atoms with Crippen LogP contribution in [0.3, 0.4) is 0 Å². The highest BCUT2D eigenvalue weighted by Crippen LogP contribution is 2.48. The number of ether oxygens (including phenoxy) is 1.